The minimum atomic E-state index is -1.86. The summed E-state index contributed by atoms with van der Waals surface area (Å²) in [5, 5.41) is 3.78. The van der Waals surface area contributed by atoms with Crippen molar-refractivity contribution in [2.75, 3.05) is 14.2 Å². The van der Waals surface area contributed by atoms with Gasteiger partial charge in [-0.05, 0) is 0 Å². The van der Waals surface area contributed by atoms with Gasteiger partial charge in [0.1, 0.15) is 11.5 Å². The number of benzene rings is 1. The van der Waals surface area contributed by atoms with E-state index in [0.29, 0.717) is 0 Å². The molecule has 2 rings (SSSR count). The van der Waals surface area contributed by atoms with Crippen molar-refractivity contribution >= 4 is 24.2 Å². The Bertz CT molecular complexity index is 648. The third kappa shape index (κ3) is 5.13. The van der Waals surface area contributed by atoms with Crippen LogP contribution in [0.4, 0.5) is 0 Å². The van der Waals surface area contributed by atoms with Gasteiger partial charge < -0.3 is 14.5 Å². The van der Waals surface area contributed by atoms with E-state index in [9.17, 15) is 0 Å². The Balaban J connectivity index is 0.00000242. The average molecular weight is 317 g/mol. The predicted molar refractivity (Wildman–Crippen MR) is 92.9 cm³/mol. The molecule has 0 amide bonds. The zero-order valence-corrected chi connectivity index (χ0v) is 17.1. The molecule has 0 aliphatic carbocycles. The fraction of sp³-hybridized carbons (Fsp3) is 0.471. The monoisotopic (exact) mass is 317 g/mol. The van der Waals surface area contributed by atoms with Crippen molar-refractivity contribution in [1.82, 2.24) is 0 Å². The molecule has 3 nitrogen and oxygen atoms in total. The summed E-state index contributed by atoms with van der Waals surface area (Å²) in [5.74, 6) is 1.55. The molecule has 0 saturated heterocycles. The van der Waals surface area contributed by atoms with Gasteiger partial charge in [0, 0.05) is 0 Å². The van der Waals surface area contributed by atoms with Crippen molar-refractivity contribution in [3.8, 4) is 11.5 Å². The molecule has 0 fully saturated rings. The van der Waals surface area contributed by atoms with E-state index in [4.69, 9.17) is 14.5 Å². The van der Waals surface area contributed by atoms with Crippen LogP contribution >= 0.6 is 0 Å². The first-order chi connectivity index (χ1) is 9.68. The molecule has 0 spiro atoms. The van der Waals surface area contributed by atoms with Gasteiger partial charge in [0.05, 0.1) is 14.2 Å². The van der Waals surface area contributed by atoms with Gasteiger partial charge in [-0.25, -0.2) is 0 Å². The topological polar surface area (TPSA) is 32.6 Å². The quantitative estimate of drug-likeness (QED) is 0.491. The Hall–Kier alpha value is -0.198. The number of rotatable bonds is 4. The zero-order valence-electron chi connectivity index (χ0n) is 16.1. The van der Waals surface area contributed by atoms with Crippen LogP contribution in [0.15, 0.2) is 24.3 Å². The first kappa shape index (κ1) is 22.8. The van der Waals surface area contributed by atoms with Crippen molar-refractivity contribution in [1.29, 1.82) is 0 Å². The van der Waals surface area contributed by atoms with Crippen LogP contribution in [0, 0.1) is 0 Å². The molecule has 0 atom stereocenters. The maximum atomic E-state index is 5.44. The van der Waals surface area contributed by atoms with Crippen molar-refractivity contribution in [3.63, 3.8) is 0 Å². The number of ether oxygens (including phenoxy) is 2. The van der Waals surface area contributed by atoms with Crippen LogP contribution in [-0.4, -0.2) is 28.0 Å². The second kappa shape index (κ2) is 8.26. The molecular weight excluding hydrogens is 292 g/mol. The molecular formula is C17H25Li2NO2Si. The second-order valence-corrected chi connectivity index (χ2v) is 10.8. The van der Waals surface area contributed by atoms with E-state index in [1.165, 1.54) is 16.0 Å². The summed E-state index contributed by atoms with van der Waals surface area (Å²) in [5.41, 5.74) is -0.0180. The van der Waals surface area contributed by atoms with Crippen LogP contribution < -0.4 is 52.4 Å². The van der Waals surface area contributed by atoms with Crippen molar-refractivity contribution in [2.45, 2.75) is 39.4 Å². The van der Waals surface area contributed by atoms with E-state index in [-0.39, 0.29) is 43.3 Å². The van der Waals surface area contributed by atoms with E-state index in [1.54, 1.807) is 14.2 Å². The van der Waals surface area contributed by atoms with Crippen LogP contribution in [0.3, 0.4) is 0 Å². The van der Waals surface area contributed by atoms with E-state index in [2.05, 4.69) is 52.1 Å². The summed E-state index contributed by atoms with van der Waals surface area (Å²) in [6.07, 6.45) is 0. The molecule has 0 N–H and O–H groups in total. The Morgan fingerprint density at radius 3 is 2.00 bits per heavy atom. The molecule has 0 aliphatic rings. The summed E-state index contributed by atoms with van der Waals surface area (Å²) in [4.78, 5) is 5.10. The third-order valence-corrected chi connectivity index (χ3v) is 6.53. The van der Waals surface area contributed by atoms with Gasteiger partial charge in [0.15, 0.2) is 0 Å². The Labute approximate surface area is 165 Å². The molecule has 0 aliphatic heterocycles. The smallest absolute Gasteiger partial charge is 0.663 e. The fourth-order valence-electron chi connectivity index (χ4n) is 2.96. The maximum Gasteiger partial charge on any atom is 1.00 e. The van der Waals surface area contributed by atoms with E-state index >= 15 is 0 Å². The summed E-state index contributed by atoms with van der Waals surface area (Å²) in [6.45, 7) is 11.1. The maximum absolute atomic E-state index is 5.44. The molecule has 0 heterocycles. The van der Waals surface area contributed by atoms with Crippen LogP contribution in [-0.2, 0) is 0 Å². The zero-order chi connectivity index (χ0) is 15.8. The van der Waals surface area contributed by atoms with Gasteiger partial charge in [-0.1, -0.05) is 54.2 Å². The number of fused-ring (bicyclic) bond motifs is 1. The van der Waals surface area contributed by atoms with Crippen LogP contribution in [0.1, 0.15) is 20.8 Å². The average Bonchev–Trinajstić information content (AvgIpc) is 2.77. The largest absolute Gasteiger partial charge is 1.00 e. The van der Waals surface area contributed by atoms with Gasteiger partial charge >= 0.3 is 37.7 Å². The van der Waals surface area contributed by atoms with Gasteiger partial charge in [0.2, 0.25) is 0 Å². The van der Waals surface area contributed by atoms with E-state index < -0.39 is 8.24 Å². The molecule has 0 bridgehead atoms. The molecule has 6 heteroatoms. The molecule has 116 valence electrons. The fourth-order valence-corrected chi connectivity index (χ4v) is 6.13. The molecule has 23 heavy (non-hydrogen) atoms. The summed E-state index contributed by atoms with van der Waals surface area (Å²) < 4.78 is 10.8. The van der Waals surface area contributed by atoms with Crippen LogP contribution in [0.2, 0.25) is 13.1 Å². The molecule has 0 radical (unpaired) electrons. The Kier molecular flexibility index (Phi) is 8.19. The summed E-state index contributed by atoms with van der Waals surface area (Å²) in [6, 6.07) is 8.49. The first-order valence-electron chi connectivity index (χ1n) is 7.24. The number of nitrogens with zero attached hydrogens (tertiary/aromatic N) is 1. The van der Waals surface area contributed by atoms with E-state index in [0.717, 1.165) is 11.5 Å². The first-order valence-corrected chi connectivity index (χ1v) is 10.2. The second-order valence-electron chi connectivity index (χ2n) is 6.88. The number of hydrogen-bond donors (Lipinski definition) is 0. The summed E-state index contributed by atoms with van der Waals surface area (Å²) >= 11 is 0. The Morgan fingerprint density at radius 1 is 1.00 bits per heavy atom. The third-order valence-electron chi connectivity index (χ3n) is 3.55. The van der Waals surface area contributed by atoms with Crippen LogP contribution in [0.25, 0.3) is 15.8 Å². The number of methoxy groups -OCH3 is 2. The minimum Gasteiger partial charge on any atom is -0.663 e. The molecule has 0 aromatic heterocycles. The van der Waals surface area contributed by atoms with Crippen molar-refractivity contribution in [2.24, 2.45) is 0 Å². The molecule has 0 unspecified atom stereocenters. The number of hydrogen-bond acceptors (Lipinski definition) is 2. The van der Waals surface area contributed by atoms with Gasteiger partial charge in [-0.2, -0.15) is 17.3 Å². The minimum absolute atomic E-state index is 0. The van der Waals surface area contributed by atoms with Crippen molar-refractivity contribution in [3.05, 3.63) is 29.2 Å². The van der Waals surface area contributed by atoms with Crippen molar-refractivity contribution < 1.29 is 47.2 Å². The Morgan fingerprint density at radius 2 is 1.52 bits per heavy atom. The predicted octanol–water partition coefficient (Wildman–Crippen LogP) is -1.83. The van der Waals surface area contributed by atoms with E-state index in [1.807, 2.05) is 6.07 Å². The van der Waals surface area contributed by atoms with Gasteiger partial charge in [-0.3, -0.25) is 0 Å². The summed E-state index contributed by atoms with van der Waals surface area (Å²) in [7, 11) is 1.48. The van der Waals surface area contributed by atoms with Gasteiger partial charge in [0.25, 0.3) is 0 Å². The van der Waals surface area contributed by atoms with Crippen LogP contribution in [0.5, 0.6) is 11.5 Å². The molecule has 0 saturated carbocycles. The molecule has 2 aromatic carbocycles. The normalized spacial score (nSPS) is 11.6. The van der Waals surface area contributed by atoms with Gasteiger partial charge in [-0.15, -0.1) is 16.3 Å². The molecule has 2 aromatic rings. The SMILES string of the molecule is COc1cc2cc[c-]([Si](C)(C)[N-]C(C)(C)C)c2cc1OC.[Li+].[Li+]. The standard InChI is InChI=1S/C17H25NO2Si.2Li/c1-17(2,3)18-21(6,7)16-9-8-12-10-14(19-4)15(20-5)11-13(12)16;;/h8-11H,1-7H3;;/q-2;2*+1.